The zero-order chi connectivity index (χ0) is 22.8. The summed E-state index contributed by atoms with van der Waals surface area (Å²) in [5.41, 5.74) is 3.75. The number of rotatable bonds is 4. The molecule has 4 rings (SSSR count). The van der Waals surface area contributed by atoms with E-state index in [-0.39, 0.29) is 11.9 Å². The summed E-state index contributed by atoms with van der Waals surface area (Å²) in [7, 11) is 1.35. The molecule has 1 N–H and O–H groups in total. The van der Waals surface area contributed by atoms with E-state index in [0.29, 0.717) is 37.9 Å². The van der Waals surface area contributed by atoms with Crippen LogP contribution in [0.4, 0.5) is 5.69 Å². The molecule has 0 bridgehead atoms. The van der Waals surface area contributed by atoms with Crippen molar-refractivity contribution >= 4 is 52.2 Å². The predicted molar refractivity (Wildman–Crippen MR) is 127 cm³/mol. The van der Waals surface area contributed by atoms with E-state index in [9.17, 15) is 9.59 Å². The highest BCUT2D eigenvalue weighted by molar-refractivity contribution is 8.18. The van der Waals surface area contributed by atoms with Crippen LogP contribution in [-0.2, 0) is 9.53 Å². The molecule has 32 heavy (non-hydrogen) atoms. The van der Waals surface area contributed by atoms with E-state index in [4.69, 9.17) is 20.8 Å². The molecule has 0 radical (unpaired) electrons. The molecule has 0 saturated carbocycles. The maximum Gasteiger partial charge on any atom is 0.337 e. The lowest BCUT2D eigenvalue weighted by Gasteiger charge is -2.05. The van der Waals surface area contributed by atoms with Crippen molar-refractivity contribution in [2.75, 3.05) is 7.11 Å². The molecule has 0 aliphatic carbocycles. The number of amides is 1. The number of methoxy groups -OCH3 is 1. The molecule has 1 aliphatic rings. The molecule has 2 heterocycles. The van der Waals surface area contributed by atoms with Gasteiger partial charge < -0.3 is 14.5 Å². The van der Waals surface area contributed by atoms with Gasteiger partial charge in [0.15, 0.2) is 5.17 Å². The van der Waals surface area contributed by atoms with Crippen molar-refractivity contribution in [3.8, 4) is 11.3 Å². The topological polar surface area (TPSA) is 80.9 Å². The fourth-order valence-electron chi connectivity index (χ4n) is 3.20. The summed E-state index contributed by atoms with van der Waals surface area (Å²) in [4.78, 5) is 29.1. The second-order valence-electron chi connectivity index (χ2n) is 7.09. The fraction of sp³-hybridized carbons (Fsp3) is 0.125. The summed E-state index contributed by atoms with van der Waals surface area (Å²) in [5.74, 6) is 0.538. The SMILES string of the molecule is COC(=O)c1ccc(-c2ccc(/C=C3/SC(=Nc4cccc(Cl)c4C)NC3=O)o2)c(C)c1. The molecule has 1 aromatic heterocycles. The molecular formula is C24H19ClN2O4S. The van der Waals surface area contributed by atoms with Crippen LogP contribution in [0, 0.1) is 13.8 Å². The zero-order valence-electron chi connectivity index (χ0n) is 17.6. The van der Waals surface area contributed by atoms with Crippen molar-refractivity contribution in [1.29, 1.82) is 0 Å². The number of nitrogens with zero attached hydrogens (tertiary/aromatic N) is 1. The summed E-state index contributed by atoms with van der Waals surface area (Å²) < 4.78 is 10.7. The molecule has 0 unspecified atom stereocenters. The number of aliphatic imine (C=N–C) groups is 1. The van der Waals surface area contributed by atoms with Crippen molar-refractivity contribution in [3.63, 3.8) is 0 Å². The molecule has 3 aromatic rings. The zero-order valence-corrected chi connectivity index (χ0v) is 19.1. The standard InChI is InChI=1S/C24H19ClN2O4S/c1-13-11-15(23(29)30-3)7-9-17(13)20-10-8-16(31-20)12-21-22(28)27-24(32-21)26-19-6-4-5-18(25)14(19)2/h4-12H,1-3H3,(H,26,27,28)/b21-12+. The van der Waals surface area contributed by atoms with Crippen LogP contribution in [0.1, 0.15) is 27.2 Å². The van der Waals surface area contributed by atoms with Gasteiger partial charge in [-0.3, -0.25) is 4.79 Å². The number of halogens is 1. The molecule has 0 atom stereocenters. The predicted octanol–water partition coefficient (Wildman–Crippen LogP) is 5.90. The van der Waals surface area contributed by atoms with Gasteiger partial charge in [-0.25, -0.2) is 9.79 Å². The number of aryl methyl sites for hydroxylation is 1. The number of thioether (sulfide) groups is 1. The van der Waals surface area contributed by atoms with Gasteiger partial charge in [-0.15, -0.1) is 0 Å². The Morgan fingerprint density at radius 1 is 1.19 bits per heavy atom. The van der Waals surface area contributed by atoms with Gasteiger partial charge in [0.1, 0.15) is 11.5 Å². The lowest BCUT2D eigenvalue weighted by atomic mass is 10.0. The third-order valence-corrected chi connectivity index (χ3v) is 6.24. The highest BCUT2D eigenvalue weighted by Crippen LogP contribution is 2.32. The van der Waals surface area contributed by atoms with Crippen LogP contribution in [-0.4, -0.2) is 24.2 Å². The number of hydrogen-bond donors (Lipinski definition) is 1. The first-order valence-corrected chi connectivity index (χ1v) is 10.9. The molecular weight excluding hydrogens is 448 g/mol. The first-order valence-electron chi connectivity index (χ1n) is 9.69. The van der Waals surface area contributed by atoms with Crippen LogP contribution in [0.15, 0.2) is 62.8 Å². The van der Waals surface area contributed by atoms with Crippen molar-refractivity contribution < 1.29 is 18.7 Å². The Bertz CT molecular complexity index is 1290. The van der Waals surface area contributed by atoms with Gasteiger partial charge in [0.2, 0.25) is 0 Å². The van der Waals surface area contributed by atoms with E-state index < -0.39 is 0 Å². The summed E-state index contributed by atoms with van der Waals surface area (Å²) in [6.07, 6.45) is 1.68. The number of hydrogen-bond acceptors (Lipinski definition) is 6. The molecule has 2 aromatic carbocycles. The van der Waals surface area contributed by atoms with Crippen molar-refractivity contribution in [3.05, 3.63) is 80.9 Å². The Balaban J connectivity index is 1.56. The van der Waals surface area contributed by atoms with Crippen LogP contribution in [0.3, 0.4) is 0 Å². The molecule has 1 aliphatic heterocycles. The van der Waals surface area contributed by atoms with Crippen molar-refractivity contribution in [2.24, 2.45) is 4.99 Å². The highest BCUT2D eigenvalue weighted by atomic mass is 35.5. The Kier molecular flexibility index (Phi) is 6.21. The average molecular weight is 467 g/mol. The summed E-state index contributed by atoms with van der Waals surface area (Å²) in [6.45, 7) is 3.77. The first kappa shape index (κ1) is 21.9. The van der Waals surface area contributed by atoms with Crippen LogP contribution < -0.4 is 5.32 Å². The van der Waals surface area contributed by atoms with Gasteiger partial charge in [-0.2, -0.15) is 0 Å². The van der Waals surface area contributed by atoms with Gasteiger partial charge in [0.05, 0.1) is 23.3 Å². The van der Waals surface area contributed by atoms with Gasteiger partial charge in [0, 0.05) is 16.7 Å². The monoisotopic (exact) mass is 466 g/mol. The molecule has 162 valence electrons. The van der Waals surface area contributed by atoms with Gasteiger partial charge in [-0.05, 0) is 73.1 Å². The van der Waals surface area contributed by atoms with Gasteiger partial charge >= 0.3 is 5.97 Å². The Hall–Kier alpha value is -3.29. The molecule has 0 spiro atoms. The van der Waals surface area contributed by atoms with Gasteiger partial charge in [0.25, 0.3) is 5.91 Å². The largest absolute Gasteiger partial charge is 0.465 e. The Morgan fingerprint density at radius 3 is 2.75 bits per heavy atom. The minimum atomic E-state index is -0.390. The summed E-state index contributed by atoms with van der Waals surface area (Å²) >= 11 is 7.38. The fourth-order valence-corrected chi connectivity index (χ4v) is 4.18. The number of carbonyl (C=O) groups excluding carboxylic acids is 2. The molecule has 6 nitrogen and oxygen atoms in total. The van der Waals surface area contributed by atoms with E-state index in [0.717, 1.165) is 16.7 Å². The second-order valence-corrected chi connectivity index (χ2v) is 8.53. The average Bonchev–Trinajstić information content (AvgIpc) is 3.37. The number of furan rings is 1. The quantitative estimate of drug-likeness (QED) is 0.382. The minimum absolute atomic E-state index is 0.245. The third kappa shape index (κ3) is 4.49. The Morgan fingerprint density at radius 2 is 2.00 bits per heavy atom. The third-order valence-electron chi connectivity index (χ3n) is 4.93. The van der Waals surface area contributed by atoms with Crippen LogP contribution >= 0.6 is 23.4 Å². The van der Waals surface area contributed by atoms with E-state index >= 15 is 0 Å². The van der Waals surface area contributed by atoms with Gasteiger partial charge in [-0.1, -0.05) is 23.7 Å². The minimum Gasteiger partial charge on any atom is -0.465 e. The summed E-state index contributed by atoms with van der Waals surface area (Å²) in [5, 5.41) is 3.87. The van der Waals surface area contributed by atoms with Crippen LogP contribution in [0.2, 0.25) is 5.02 Å². The number of ether oxygens (including phenoxy) is 1. The normalized spacial score (nSPS) is 15.9. The van der Waals surface area contributed by atoms with E-state index in [1.165, 1.54) is 18.9 Å². The smallest absolute Gasteiger partial charge is 0.337 e. The maximum atomic E-state index is 12.4. The maximum absolute atomic E-state index is 12.4. The van der Waals surface area contributed by atoms with Crippen LogP contribution in [0.5, 0.6) is 0 Å². The lowest BCUT2D eigenvalue weighted by Crippen LogP contribution is -2.19. The molecule has 1 amide bonds. The highest BCUT2D eigenvalue weighted by Gasteiger charge is 2.24. The number of benzene rings is 2. The number of nitrogens with one attached hydrogen (secondary N) is 1. The summed E-state index contributed by atoms with van der Waals surface area (Å²) in [6, 6.07) is 14.3. The molecule has 1 fully saturated rings. The van der Waals surface area contributed by atoms with E-state index in [2.05, 4.69) is 10.3 Å². The number of esters is 1. The van der Waals surface area contributed by atoms with E-state index in [1.807, 2.05) is 38.1 Å². The number of amidine groups is 1. The molecule has 1 saturated heterocycles. The van der Waals surface area contributed by atoms with Crippen LogP contribution in [0.25, 0.3) is 17.4 Å². The first-order chi connectivity index (χ1) is 15.4. The van der Waals surface area contributed by atoms with E-state index in [1.54, 1.807) is 30.3 Å². The lowest BCUT2D eigenvalue weighted by molar-refractivity contribution is -0.115. The Labute approximate surface area is 194 Å². The van der Waals surface area contributed by atoms with Crippen molar-refractivity contribution in [2.45, 2.75) is 13.8 Å². The molecule has 8 heteroatoms. The second kappa shape index (κ2) is 9.06. The van der Waals surface area contributed by atoms with Crippen molar-refractivity contribution in [1.82, 2.24) is 5.32 Å². The number of carbonyl (C=O) groups is 2.